The van der Waals surface area contributed by atoms with E-state index >= 15 is 0 Å². The SMILES string of the molecule is COc1cc(N2C(=O)[C@H]3C(c4ccc(F)cc4)=NO[C@H]3C2=O)c(C)cc1[N+](=O)[O-]. The second-order valence-electron chi connectivity index (χ2n) is 6.57. The molecular weight excluding hydrogens is 385 g/mol. The van der Waals surface area contributed by atoms with Crippen molar-refractivity contribution >= 4 is 28.9 Å². The van der Waals surface area contributed by atoms with Crippen LogP contribution in [0.3, 0.4) is 0 Å². The van der Waals surface area contributed by atoms with Gasteiger partial charge in [0.1, 0.15) is 17.4 Å². The average Bonchev–Trinajstić information content (AvgIpc) is 3.23. The van der Waals surface area contributed by atoms with Crippen molar-refractivity contribution in [3.8, 4) is 5.75 Å². The molecule has 0 spiro atoms. The molecule has 0 aromatic heterocycles. The number of aryl methyl sites for hydroxylation is 1. The lowest BCUT2D eigenvalue weighted by molar-refractivity contribution is -0.385. The number of fused-ring (bicyclic) bond motifs is 1. The second-order valence-corrected chi connectivity index (χ2v) is 6.57. The Balaban J connectivity index is 1.74. The molecule has 4 rings (SSSR count). The lowest BCUT2D eigenvalue weighted by Crippen LogP contribution is -2.33. The minimum Gasteiger partial charge on any atom is -0.490 e. The number of ether oxygens (including phenoxy) is 1. The van der Waals surface area contributed by atoms with E-state index in [2.05, 4.69) is 5.16 Å². The van der Waals surface area contributed by atoms with Crippen molar-refractivity contribution in [1.82, 2.24) is 0 Å². The first kappa shape index (κ1) is 18.5. The van der Waals surface area contributed by atoms with Gasteiger partial charge < -0.3 is 9.57 Å². The number of carbonyl (C=O) groups excluding carboxylic acids is 2. The Labute approximate surface area is 163 Å². The number of nitro groups is 1. The number of anilines is 1. The molecule has 0 radical (unpaired) electrons. The summed E-state index contributed by atoms with van der Waals surface area (Å²) in [5, 5.41) is 15.0. The number of imide groups is 1. The highest BCUT2D eigenvalue weighted by molar-refractivity contribution is 6.32. The second kappa shape index (κ2) is 6.66. The number of halogens is 1. The summed E-state index contributed by atoms with van der Waals surface area (Å²) < 4.78 is 18.3. The summed E-state index contributed by atoms with van der Waals surface area (Å²) in [6.45, 7) is 1.55. The maximum absolute atomic E-state index is 13.2. The monoisotopic (exact) mass is 399 g/mol. The molecule has 2 aromatic rings. The van der Waals surface area contributed by atoms with Gasteiger partial charge in [0.05, 0.1) is 17.7 Å². The number of nitro benzene ring substituents is 1. The van der Waals surface area contributed by atoms with Crippen LogP contribution in [0.1, 0.15) is 11.1 Å². The Kier molecular flexibility index (Phi) is 4.26. The van der Waals surface area contributed by atoms with Crippen LogP contribution in [-0.2, 0) is 14.4 Å². The highest BCUT2D eigenvalue weighted by atomic mass is 19.1. The maximum Gasteiger partial charge on any atom is 0.311 e. The normalized spacial score (nSPS) is 20.4. The average molecular weight is 399 g/mol. The number of nitrogens with zero attached hydrogens (tertiary/aromatic N) is 3. The zero-order chi connectivity index (χ0) is 20.9. The molecule has 148 valence electrons. The molecule has 0 N–H and O–H groups in total. The minimum atomic E-state index is -1.15. The van der Waals surface area contributed by atoms with Crippen molar-refractivity contribution in [2.75, 3.05) is 12.0 Å². The number of methoxy groups -OCH3 is 1. The van der Waals surface area contributed by atoms with E-state index in [1.165, 1.54) is 43.5 Å². The van der Waals surface area contributed by atoms with Crippen LogP contribution in [0.4, 0.5) is 15.8 Å². The molecule has 0 saturated carbocycles. The van der Waals surface area contributed by atoms with Crippen molar-refractivity contribution in [3.05, 3.63) is 63.5 Å². The predicted molar refractivity (Wildman–Crippen MR) is 98.2 cm³/mol. The predicted octanol–water partition coefficient (Wildman–Crippen LogP) is 2.34. The van der Waals surface area contributed by atoms with Gasteiger partial charge in [-0.3, -0.25) is 19.7 Å². The van der Waals surface area contributed by atoms with Crippen LogP contribution in [0.2, 0.25) is 0 Å². The standard InChI is InChI=1S/C19H14FN3O6/c1-9-7-13(23(26)27)14(28-2)8-12(9)22-18(24)15-16(21-29-17(15)19(22)25)10-3-5-11(20)6-4-10/h3-8,15,17H,1-2H3/t15-,17+/m0/s1. The van der Waals surface area contributed by atoms with E-state index in [0.717, 1.165) is 4.90 Å². The van der Waals surface area contributed by atoms with Gasteiger partial charge in [0.25, 0.3) is 5.91 Å². The van der Waals surface area contributed by atoms with Crippen molar-refractivity contribution in [2.24, 2.45) is 11.1 Å². The van der Waals surface area contributed by atoms with Crippen LogP contribution >= 0.6 is 0 Å². The molecule has 9 nitrogen and oxygen atoms in total. The van der Waals surface area contributed by atoms with Crippen LogP contribution in [0.25, 0.3) is 0 Å². The van der Waals surface area contributed by atoms with E-state index in [1.54, 1.807) is 6.92 Å². The fourth-order valence-corrected chi connectivity index (χ4v) is 3.48. The van der Waals surface area contributed by atoms with Crippen molar-refractivity contribution in [3.63, 3.8) is 0 Å². The van der Waals surface area contributed by atoms with Crippen LogP contribution in [0, 0.1) is 28.8 Å². The molecule has 2 atom stereocenters. The first-order valence-electron chi connectivity index (χ1n) is 8.54. The van der Waals surface area contributed by atoms with E-state index in [0.29, 0.717) is 11.1 Å². The van der Waals surface area contributed by atoms with E-state index in [1.807, 2.05) is 0 Å². The van der Waals surface area contributed by atoms with Crippen LogP contribution in [0.15, 0.2) is 41.6 Å². The first-order chi connectivity index (χ1) is 13.8. The van der Waals surface area contributed by atoms with E-state index in [9.17, 15) is 24.1 Å². The summed E-state index contributed by atoms with van der Waals surface area (Å²) in [4.78, 5) is 42.7. The molecule has 0 unspecified atom stereocenters. The van der Waals surface area contributed by atoms with Gasteiger partial charge in [0, 0.05) is 17.7 Å². The molecule has 0 bridgehead atoms. The molecule has 1 fully saturated rings. The van der Waals surface area contributed by atoms with Crippen molar-refractivity contribution < 1.29 is 28.5 Å². The van der Waals surface area contributed by atoms with Crippen LogP contribution < -0.4 is 9.64 Å². The summed E-state index contributed by atoms with van der Waals surface area (Å²) in [5.74, 6) is -2.75. The summed E-state index contributed by atoms with van der Waals surface area (Å²) in [7, 11) is 1.26. The number of rotatable bonds is 4. The van der Waals surface area contributed by atoms with Crippen LogP contribution in [0.5, 0.6) is 5.75 Å². The third-order valence-corrected chi connectivity index (χ3v) is 4.89. The smallest absolute Gasteiger partial charge is 0.311 e. The van der Waals surface area contributed by atoms with Gasteiger partial charge in [-0.2, -0.15) is 0 Å². The number of carbonyl (C=O) groups is 2. The van der Waals surface area contributed by atoms with Gasteiger partial charge in [-0.05, 0) is 24.6 Å². The topological polar surface area (TPSA) is 111 Å². The molecule has 2 aliphatic heterocycles. The van der Waals surface area contributed by atoms with Gasteiger partial charge >= 0.3 is 5.69 Å². The Hall–Kier alpha value is -3.82. The Morgan fingerprint density at radius 1 is 1.21 bits per heavy atom. The lowest BCUT2D eigenvalue weighted by atomic mass is 9.94. The highest BCUT2D eigenvalue weighted by Gasteiger charge is 2.56. The summed E-state index contributed by atoms with van der Waals surface area (Å²) in [6.07, 6.45) is -1.15. The molecule has 2 heterocycles. The summed E-state index contributed by atoms with van der Waals surface area (Å²) >= 11 is 0. The maximum atomic E-state index is 13.2. The Bertz CT molecular complexity index is 1080. The lowest BCUT2D eigenvalue weighted by Gasteiger charge is -2.18. The first-order valence-corrected chi connectivity index (χ1v) is 8.54. The van der Waals surface area contributed by atoms with E-state index < -0.39 is 34.6 Å². The van der Waals surface area contributed by atoms with Gasteiger partial charge in [0.2, 0.25) is 12.0 Å². The molecule has 2 aromatic carbocycles. The quantitative estimate of drug-likeness (QED) is 0.443. The number of amides is 2. The van der Waals surface area contributed by atoms with Crippen LogP contribution in [-0.4, -0.2) is 35.7 Å². The van der Waals surface area contributed by atoms with Gasteiger partial charge in [-0.1, -0.05) is 17.3 Å². The molecule has 10 heteroatoms. The van der Waals surface area contributed by atoms with E-state index in [-0.39, 0.29) is 22.8 Å². The number of hydrogen-bond donors (Lipinski definition) is 0. The summed E-state index contributed by atoms with van der Waals surface area (Å²) in [5.41, 5.74) is 0.915. The number of hydrogen-bond acceptors (Lipinski definition) is 7. The third-order valence-electron chi connectivity index (χ3n) is 4.89. The fraction of sp³-hybridized carbons (Fsp3) is 0.211. The Morgan fingerprint density at radius 3 is 2.52 bits per heavy atom. The van der Waals surface area contributed by atoms with E-state index in [4.69, 9.17) is 9.57 Å². The van der Waals surface area contributed by atoms with Gasteiger partial charge in [0.15, 0.2) is 5.75 Å². The van der Waals surface area contributed by atoms with Gasteiger partial charge in [-0.15, -0.1) is 0 Å². The molecule has 2 amide bonds. The fourth-order valence-electron chi connectivity index (χ4n) is 3.48. The number of benzene rings is 2. The highest BCUT2D eigenvalue weighted by Crippen LogP contribution is 2.40. The van der Waals surface area contributed by atoms with Crippen molar-refractivity contribution in [1.29, 1.82) is 0 Å². The zero-order valence-corrected chi connectivity index (χ0v) is 15.3. The van der Waals surface area contributed by atoms with Gasteiger partial charge in [-0.25, -0.2) is 9.29 Å². The molecule has 2 aliphatic rings. The largest absolute Gasteiger partial charge is 0.490 e. The Morgan fingerprint density at radius 2 is 1.90 bits per heavy atom. The minimum absolute atomic E-state index is 0.0818. The molecule has 29 heavy (non-hydrogen) atoms. The third kappa shape index (κ3) is 2.80. The zero-order valence-electron chi connectivity index (χ0n) is 15.3. The number of oxime groups is 1. The molecular formula is C19H14FN3O6. The molecule has 0 aliphatic carbocycles. The summed E-state index contributed by atoms with van der Waals surface area (Å²) in [6, 6.07) is 7.84. The van der Waals surface area contributed by atoms with Crippen molar-refractivity contribution in [2.45, 2.75) is 13.0 Å². The molecule has 1 saturated heterocycles.